The highest BCUT2D eigenvalue weighted by molar-refractivity contribution is 7.25. The van der Waals surface area contributed by atoms with Crippen molar-refractivity contribution in [1.29, 1.82) is 0 Å². The summed E-state index contributed by atoms with van der Waals surface area (Å²) in [6.07, 6.45) is -0.417. The lowest BCUT2D eigenvalue weighted by Crippen LogP contribution is -2.36. The lowest BCUT2D eigenvalue weighted by molar-refractivity contribution is 0.384. The van der Waals surface area contributed by atoms with Crippen molar-refractivity contribution in [1.82, 2.24) is 9.47 Å². The lowest BCUT2D eigenvalue weighted by atomic mass is 9.94. The van der Waals surface area contributed by atoms with Crippen LogP contribution >= 0.6 is 11.3 Å². The molecule has 1 atom stereocenters. The Labute approximate surface area is 403 Å². The molecule has 69 heavy (non-hydrogen) atoms. The first-order valence-corrected chi connectivity index (χ1v) is 24.4. The summed E-state index contributed by atoms with van der Waals surface area (Å²) in [6, 6.07) is 84.0. The maximum atomic E-state index is 5.71. The summed E-state index contributed by atoms with van der Waals surface area (Å²) < 4.78 is 5.03. The summed E-state index contributed by atoms with van der Waals surface area (Å²) in [5, 5.41) is 12.1. The van der Waals surface area contributed by atoms with Gasteiger partial charge in [-0.15, -0.1) is 11.3 Å². The molecule has 0 fully saturated rings. The molecule has 2 aromatic heterocycles. The van der Waals surface area contributed by atoms with Crippen LogP contribution in [0.25, 0.3) is 102 Å². The smallest absolute Gasteiger partial charge is 0.160 e. The molecule has 0 amide bonds. The quantitative estimate of drug-likeness (QED) is 0.164. The summed E-state index contributed by atoms with van der Waals surface area (Å²) in [5.41, 5.74) is 11.3. The number of thiophene rings is 1. The lowest BCUT2D eigenvalue weighted by Gasteiger charge is -2.34. The van der Waals surface area contributed by atoms with Crippen LogP contribution in [0.5, 0.6) is 0 Å². The molecule has 0 saturated carbocycles. The molecule has 4 nitrogen and oxygen atoms in total. The van der Waals surface area contributed by atoms with Crippen molar-refractivity contribution in [3.63, 3.8) is 0 Å². The number of hydrogen-bond acceptors (Lipinski definition) is 4. The van der Waals surface area contributed by atoms with E-state index in [2.05, 4.69) is 247 Å². The number of hydrogen-bond donors (Lipinski definition) is 0. The molecule has 13 aromatic rings. The van der Waals surface area contributed by atoms with Crippen LogP contribution in [-0.2, 0) is 0 Å². The van der Waals surface area contributed by atoms with Crippen LogP contribution < -0.4 is 0 Å². The molecule has 0 spiro atoms. The van der Waals surface area contributed by atoms with Gasteiger partial charge in [0.2, 0.25) is 0 Å². The van der Waals surface area contributed by atoms with E-state index < -0.39 is 6.17 Å². The van der Waals surface area contributed by atoms with Crippen LogP contribution in [0.15, 0.2) is 241 Å². The summed E-state index contributed by atoms with van der Waals surface area (Å²) in [4.78, 5) is 13.5. The monoisotopic (exact) mass is 898 g/mol. The van der Waals surface area contributed by atoms with Crippen LogP contribution in [0.3, 0.4) is 0 Å². The molecular formula is C64H42N4S. The van der Waals surface area contributed by atoms with E-state index >= 15 is 0 Å². The van der Waals surface area contributed by atoms with Crippen molar-refractivity contribution >= 4 is 97.3 Å². The second-order valence-electron chi connectivity index (χ2n) is 18.1. The van der Waals surface area contributed by atoms with Gasteiger partial charge < -0.3 is 9.47 Å². The third-order valence-corrected chi connectivity index (χ3v) is 15.4. The third-order valence-electron chi connectivity index (χ3n) is 14.2. The largest absolute Gasteiger partial charge is 0.333 e. The Balaban J connectivity index is 1.05. The first kappa shape index (κ1) is 39.5. The van der Waals surface area contributed by atoms with Gasteiger partial charge in [0.1, 0.15) is 5.84 Å². The number of fused-ring (bicyclic) bond motifs is 9. The predicted molar refractivity (Wildman–Crippen MR) is 294 cm³/mol. The highest BCUT2D eigenvalue weighted by Crippen LogP contribution is 2.44. The highest BCUT2D eigenvalue weighted by Gasteiger charge is 2.31. The van der Waals surface area contributed by atoms with Crippen LogP contribution in [0, 0.1) is 0 Å². The zero-order valence-corrected chi connectivity index (χ0v) is 38.5. The van der Waals surface area contributed by atoms with Crippen molar-refractivity contribution in [3.8, 4) is 27.9 Å². The van der Waals surface area contributed by atoms with Gasteiger partial charge in [0.25, 0.3) is 0 Å². The highest BCUT2D eigenvalue weighted by atomic mass is 32.1. The normalized spacial score (nSPS) is 14.2. The van der Waals surface area contributed by atoms with Crippen molar-refractivity contribution in [3.05, 3.63) is 247 Å². The molecule has 1 aliphatic rings. The van der Waals surface area contributed by atoms with E-state index in [9.17, 15) is 0 Å². The van der Waals surface area contributed by atoms with E-state index in [0.717, 1.165) is 66.9 Å². The maximum Gasteiger partial charge on any atom is 0.160 e. The fourth-order valence-corrected chi connectivity index (χ4v) is 12.1. The number of amidine groups is 2. The van der Waals surface area contributed by atoms with E-state index in [4.69, 9.17) is 9.98 Å². The second kappa shape index (κ2) is 15.7. The SMILES string of the molecule is CN1C(c2cccc3ccccc23)=NC(c2cccc3ccccc23)=NC1c1ccc(-n2c3cc4ccccc4cc3c3c(-c4ccccc4)cccc32)cc1-c1ccc2c(c1)sc1ccccc12. The molecule has 1 unspecified atom stereocenters. The minimum atomic E-state index is -0.417. The molecule has 14 rings (SSSR count). The minimum Gasteiger partial charge on any atom is -0.333 e. The van der Waals surface area contributed by atoms with Gasteiger partial charge in [0.15, 0.2) is 12.0 Å². The maximum absolute atomic E-state index is 5.71. The summed E-state index contributed by atoms with van der Waals surface area (Å²) in [6.45, 7) is 0. The van der Waals surface area contributed by atoms with Crippen LogP contribution in [-0.4, -0.2) is 28.2 Å². The molecule has 324 valence electrons. The summed E-state index contributed by atoms with van der Waals surface area (Å²) in [7, 11) is 2.16. The molecule has 0 radical (unpaired) electrons. The number of aromatic nitrogens is 1. The van der Waals surface area contributed by atoms with Gasteiger partial charge in [-0.2, -0.15) is 0 Å². The third kappa shape index (κ3) is 6.35. The van der Waals surface area contributed by atoms with E-state index in [1.54, 1.807) is 0 Å². The fraction of sp³-hybridized carbons (Fsp3) is 0.0312. The van der Waals surface area contributed by atoms with Crippen molar-refractivity contribution in [2.45, 2.75) is 6.17 Å². The average Bonchev–Trinajstić information content (AvgIpc) is 3.95. The van der Waals surface area contributed by atoms with E-state index in [1.165, 1.54) is 63.7 Å². The Hall–Kier alpha value is -8.64. The fourth-order valence-electron chi connectivity index (χ4n) is 11.0. The molecule has 11 aromatic carbocycles. The van der Waals surface area contributed by atoms with E-state index in [1.807, 2.05) is 11.3 Å². The second-order valence-corrected chi connectivity index (χ2v) is 19.2. The molecule has 0 aliphatic carbocycles. The summed E-state index contributed by atoms with van der Waals surface area (Å²) >= 11 is 1.85. The van der Waals surface area contributed by atoms with Crippen LogP contribution in [0.2, 0.25) is 0 Å². The predicted octanol–water partition coefficient (Wildman–Crippen LogP) is 16.8. The van der Waals surface area contributed by atoms with Gasteiger partial charge in [-0.05, 0) is 97.0 Å². The molecule has 0 bridgehead atoms. The van der Waals surface area contributed by atoms with Crippen molar-refractivity contribution in [2.75, 3.05) is 7.05 Å². The molecular weight excluding hydrogens is 857 g/mol. The molecule has 5 heteroatoms. The van der Waals surface area contributed by atoms with E-state index in [-0.39, 0.29) is 0 Å². The summed E-state index contributed by atoms with van der Waals surface area (Å²) in [5.74, 6) is 1.60. The zero-order valence-electron chi connectivity index (χ0n) is 37.7. The molecule has 3 heterocycles. The number of nitrogens with zero attached hydrogens (tertiary/aromatic N) is 4. The van der Waals surface area contributed by atoms with Crippen LogP contribution in [0.4, 0.5) is 0 Å². The first-order chi connectivity index (χ1) is 34.1. The van der Waals surface area contributed by atoms with Crippen molar-refractivity contribution < 1.29 is 0 Å². The minimum absolute atomic E-state index is 0.417. The molecule has 0 saturated heterocycles. The molecule has 1 aliphatic heterocycles. The van der Waals surface area contributed by atoms with Gasteiger partial charge in [0, 0.05) is 60.4 Å². The van der Waals surface area contributed by atoms with Gasteiger partial charge in [0.05, 0.1) is 11.0 Å². The Morgan fingerprint density at radius 2 is 1.03 bits per heavy atom. The standard InChI is InChI=1S/C64H42N4S/c1-67-63(53-29-14-23-41-19-8-10-25-48(41)53)65-62(52-28-13-22-40-18-7-9-24-47(40)52)66-64(67)54-35-33-46(39-55(54)45-32-34-51-50-26-11-12-31-59(50)69-60(51)38-45)68-57-30-15-27-49(42-16-3-2-4-17-42)61(57)56-36-43-20-5-6-21-44(43)37-58(56)68/h2-39,64H,1H3. The number of rotatable bonds is 6. The average molecular weight is 899 g/mol. The number of benzene rings is 11. The Kier molecular flexibility index (Phi) is 9.01. The van der Waals surface area contributed by atoms with Gasteiger partial charge in [-0.3, -0.25) is 0 Å². The van der Waals surface area contributed by atoms with Gasteiger partial charge >= 0.3 is 0 Å². The topological polar surface area (TPSA) is 32.9 Å². The van der Waals surface area contributed by atoms with Gasteiger partial charge in [-0.1, -0.05) is 188 Å². The Bertz CT molecular complexity index is 4280. The van der Waals surface area contributed by atoms with Crippen molar-refractivity contribution in [2.24, 2.45) is 9.98 Å². The Morgan fingerprint density at radius 1 is 0.406 bits per heavy atom. The van der Waals surface area contributed by atoms with E-state index in [0.29, 0.717) is 0 Å². The molecule has 0 N–H and O–H groups in total. The number of aliphatic imine (C=N–C) groups is 2. The van der Waals surface area contributed by atoms with Gasteiger partial charge in [-0.25, -0.2) is 9.98 Å². The Morgan fingerprint density at radius 3 is 1.83 bits per heavy atom. The zero-order chi connectivity index (χ0) is 45.6. The first-order valence-electron chi connectivity index (χ1n) is 23.6. The van der Waals surface area contributed by atoms with Crippen LogP contribution in [0.1, 0.15) is 22.9 Å².